The molecule has 0 spiro atoms. The zero-order chi connectivity index (χ0) is 13.7. The van der Waals surface area contributed by atoms with Crippen LogP contribution in [-0.4, -0.2) is 5.78 Å². The quantitative estimate of drug-likeness (QED) is 0.710. The Hall–Kier alpha value is -1.11. The molecule has 0 radical (unpaired) electrons. The van der Waals surface area contributed by atoms with Gasteiger partial charge < -0.3 is 0 Å². The first-order valence-corrected chi connectivity index (χ1v) is 7.94. The average molecular weight is 258 g/mol. The Morgan fingerprint density at radius 1 is 1.00 bits per heavy atom. The summed E-state index contributed by atoms with van der Waals surface area (Å²) in [5.41, 5.74) is 5.25. The molecular weight excluding hydrogens is 232 g/mol. The number of Topliss-reactive ketones (excluding diaryl/α,β-unsaturated/α-hetero) is 1. The normalized spacial score (nSPS) is 14.5. The number of aryl methyl sites for hydroxylation is 2. The summed E-state index contributed by atoms with van der Waals surface area (Å²) in [6.45, 7) is 4.46. The van der Waals surface area contributed by atoms with Gasteiger partial charge in [0.1, 0.15) is 0 Å². The molecule has 0 amide bonds. The Labute approximate surface area is 117 Å². The van der Waals surface area contributed by atoms with Gasteiger partial charge in [-0.15, -0.1) is 0 Å². The molecule has 0 N–H and O–H groups in total. The summed E-state index contributed by atoms with van der Waals surface area (Å²) in [6, 6.07) is 4.56. The van der Waals surface area contributed by atoms with E-state index in [1.165, 1.54) is 42.4 Å². The Morgan fingerprint density at radius 2 is 1.74 bits per heavy atom. The Bertz CT molecular complexity index is 445. The monoisotopic (exact) mass is 258 g/mol. The van der Waals surface area contributed by atoms with E-state index in [2.05, 4.69) is 26.0 Å². The summed E-state index contributed by atoms with van der Waals surface area (Å²) < 4.78 is 0. The van der Waals surface area contributed by atoms with Crippen molar-refractivity contribution in [3.05, 3.63) is 34.4 Å². The van der Waals surface area contributed by atoms with Gasteiger partial charge in [-0.05, 0) is 61.3 Å². The van der Waals surface area contributed by atoms with Crippen LogP contribution in [-0.2, 0) is 19.3 Å². The second-order valence-electron chi connectivity index (χ2n) is 5.76. The number of carbonyl (C=O) groups excluding carboxylic acids is 1. The van der Waals surface area contributed by atoms with Crippen LogP contribution in [0.25, 0.3) is 0 Å². The molecule has 0 saturated heterocycles. The SMILES string of the molecule is CCCCc1cc(CCCC)c2c(c1)C(=O)CCC2. The molecule has 0 unspecified atom stereocenters. The molecule has 1 aromatic carbocycles. The first-order valence-electron chi connectivity index (χ1n) is 7.94. The van der Waals surface area contributed by atoms with E-state index < -0.39 is 0 Å². The molecule has 0 aliphatic heterocycles. The van der Waals surface area contributed by atoms with Gasteiger partial charge in [-0.25, -0.2) is 0 Å². The van der Waals surface area contributed by atoms with Crippen molar-refractivity contribution in [2.45, 2.75) is 71.6 Å². The number of fused-ring (bicyclic) bond motifs is 1. The van der Waals surface area contributed by atoms with E-state index >= 15 is 0 Å². The number of rotatable bonds is 6. The average Bonchev–Trinajstić information content (AvgIpc) is 2.43. The molecule has 2 rings (SSSR count). The van der Waals surface area contributed by atoms with E-state index in [1.54, 1.807) is 0 Å². The van der Waals surface area contributed by atoms with Gasteiger partial charge in [0.25, 0.3) is 0 Å². The minimum Gasteiger partial charge on any atom is -0.294 e. The number of benzene rings is 1. The summed E-state index contributed by atoms with van der Waals surface area (Å²) in [4.78, 5) is 12.1. The largest absolute Gasteiger partial charge is 0.294 e. The van der Waals surface area contributed by atoms with Gasteiger partial charge in [0, 0.05) is 12.0 Å². The highest BCUT2D eigenvalue weighted by Gasteiger charge is 2.20. The van der Waals surface area contributed by atoms with Crippen LogP contribution in [0.5, 0.6) is 0 Å². The van der Waals surface area contributed by atoms with Gasteiger partial charge in [0.05, 0.1) is 0 Å². The molecule has 19 heavy (non-hydrogen) atoms. The molecule has 1 nitrogen and oxygen atoms in total. The van der Waals surface area contributed by atoms with Gasteiger partial charge in [-0.1, -0.05) is 32.8 Å². The molecule has 104 valence electrons. The molecular formula is C18H26O. The number of hydrogen-bond acceptors (Lipinski definition) is 1. The second-order valence-corrected chi connectivity index (χ2v) is 5.76. The highest BCUT2D eigenvalue weighted by atomic mass is 16.1. The standard InChI is InChI=1S/C18H26O/c1-3-5-8-14-12-15(9-6-4-2)16-10-7-11-18(19)17(16)13-14/h12-13H,3-11H2,1-2H3. The van der Waals surface area contributed by atoms with Crippen LogP contribution in [0.3, 0.4) is 0 Å². The molecule has 0 heterocycles. The second kappa shape index (κ2) is 6.88. The van der Waals surface area contributed by atoms with Crippen molar-refractivity contribution < 1.29 is 4.79 Å². The van der Waals surface area contributed by atoms with Crippen LogP contribution in [0.1, 0.15) is 79.4 Å². The Balaban J connectivity index is 2.32. The summed E-state index contributed by atoms with van der Waals surface area (Å²) in [6.07, 6.45) is 10.1. The molecule has 0 saturated carbocycles. The lowest BCUT2D eigenvalue weighted by Gasteiger charge is -2.20. The predicted molar refractivity (Wildman–Crippen MR) is 80.9 cm³/mol. The third-order valence-corrected chi connectivity index (χ3v) is 4.15. The maximum absolute atomic E-state index is 12.1. The smallest absolute Gasteiger partial charge is 0.163 e. The maximum atomic E-state index is 12.1. The number of hydrogen-bond donors (Lipinski definition) is 0. The molecule has 0 atom stereocenters. The molecule has 0 fully saturated rings. The topological polar surface area (TPSA) is 17.1 Å². The van der Waals surface area contributed by atoms with Gasteiger partial charge in [-0.2, -0.15) is 0 Å². The van der Waals surface area contributed by atoms with Gasteiger partial charge in [0.15, 0.2) is 5.78 Å². The number of unbranched alkanes of at least 4 members (excludes halogenated alkanes) is 2. The van der Waals surface area contributed by atoms with E-state index in [0.29, 0.717) is 5.78 Å². The molecule has 1 aliphatic carbocycles. The number of carbonyl (C=O) groups is 1. The predicted octanol–water partition coefficient (Wildman–Crippen LogP) is 4.89. The van der Waals surface area contributed by atoms with Gasteiger partial charge >= 0.3 is 0 Å². The van der Waals surface area contributed by atoms with Crippen molar-refractivity contribution in [3.8, 4) is 0 Å². The lowest BCUT2D eigenvalue weighted by Crippen LogP contribution is -2.14. The lowest BCUT2D eigenvalue weighted by atomic mass is 9.84. The maximum Gasteiger partial charge on any atom is 0.163 e. The summed E-state index contributed by atoms with van der Waals surface area (Å²) >= 11 is 0. The van der Waals surface area contributed by atoms with Crippen LogP contribution in [0.15, 0.2) is 12.1 Å². The molecule has 1 heteroatoms. The van der Waals surface area contributed by atoms with Crippen LogP contribution >= 0.6 is 0 Å². The number of ketones is 1. The summed E-state index contributed by atoms with van der Waals surface area (Å²) in [5.74, 6) is 0.373. The first kappa shape index (κ1) is 14.3. The van der Waals surface area contributed by atoms with Crippen molar-refractivity contribution in [2.24, 2.45) is 0 Å². The third-order valence-electron chi connectivity index (χ3n) is 4.15. The van der Waals surface area contributed by atoms with Crippen LogP contribution in [0.2, 0.25) is 0 Å². The van der Waals surface area contributed by atoms with Crippen molar-refractivity contribution in [1.29, 1.82) is 0 Å². The van der Waals surface area contributed by atoms with E-state index in [-0.39, 0.29) is 0 Å². The fourth-order valence-electron chi connectivity index (χ4n) is 3.02. The van der Waals surface area contributed by atoms with Gasteiger partial charge in [-0.3, -0.25) is 4.79 Å². The Kier molecular flexibility index (Phi) is 5.18. The van der Waals surface area contributed by atoms with E-state index in [1.807, 2.05) is 0 Å². The van der Waals surface area contributed by atoms with Crippen LogP contribution in [0.4, 0.5) is 0 Å². The summed E-state index contributed by atoms with van der Waals surface area (Å²) in [7, 11) is 0. The summed E-state index contributed by atoms with van der Waals surface area (Å²) in [5, 5.41) is 0. The van der Waals surface area contributed by atoms with Crippen molar-refractivity contribution in [1.82, 2.24) is 0 Å². The Morgan fingerprint density at radius 3 is 2.47 bits per heavy atom. The molecule has 0 aromatic heterocycles. The highest BCUT2D eigenvalue weighted by Crippen LogP contribution is 2.28. The molecule has 1 aliphatic rings. The molecule has 1 aromatic rings. The highest BCUT2D eigenvalue weighted by molar-refractivity contribution is 5.99. The lowest BCUT2D eigenvalue weighted by molar-refractivity contribution is 0.0972. The van der Waals surface area contributed by atoms with E-state index in [4.69, 9.17) is 0 Å². The first-order chi connectivity index (χ1) is 9.26. The third kappa shape index (κ3) is 3.46. The van der Waals surface area contributed by atoms with E-state index in [0.717, 1.165) is 37.7 Å². The molecule has 0 bridgehead atoms. The van der Waals surface area contributed by atoms with Crippen LogP contribution < -0.4 is 0 Å². The zero-order valence-corrected chi connectivity index (χ0v) is 12.4. The fraction of sp³-hybridized carbons (Fsp3) is 0.611. The fourth-order valence-corrected chi connectivity index (χ4v) is 3.02. The minimum atomic E-state index is 0.373. The van der Waals surface area contributed by atoms with Gasteiger partial charge in [0.2, 0.25) is 0 Å². The van der Waals surface area contributed by atoms with Crippen molar-refractivity contribution in [3.63, 3.8) is 0 Å². The van der Waals surface area contributed by atoms with Crippen molar-refractivity contribution in [2.75, 3.05) is 0 Å². The van der Waals surface area contributed by atoms with Crippen molar-refractivity contribution >= 4 is 5.78 Å². The minimum absolute atomic E-state index is 0.373. The van der Waals surface area contributed by atoms with Crippen LogP contribution in [0, 0.1) is 0 Å². The van der Waals surface area contributed by atoms with E-state index in [9.17, 15) is 4.79 Å². The zero-order valence-electron chi connectivity index (χ0n) is 12.4.